The standard InChI is InChI=1S/C28H35NO6/c1-4-8-17(14-18-10-6-7-11-22(18)30)12-13-23-24-19(9-5-2)15-20-25(21(24)16-35-23)27(32)29(26(20)31)28(33)34-3/h6-7,10-11,14,20-21,23,25,30H,4-5,8-9,12-13,15-16H2,1-3H3/b17-14+/t20-,21+,23-,25-/m1/s1. The van der Waals surface area contributed by atoms with Gasteiger partial charge in [0.05, 0.1) is 31.7 Å². The number of allylic oxidation sites excluding steroid dienone is 2. The fourth-order valence-corrected chi connectivity index (χ4v) is 6.02. The van der Waals surface area contributed by atoms with Crippen molar-refractivity contribution in [2.24, 2.45) is 17.8 Å². The van der Waals surface area contributed by atoms with Crippen molar-refractivity contribution in [1.82, 2.24) is 4.90 Å². The molecule has 1 aliphatic carbocycles. The van der Waals surface area contributed by atoms with Gasteiger partial charge in [0.25, 0.3) is 0 Å². The minimum atomic E-state index is -0.901. The summed E-state index contributed by atoms with van der Waals surface area (Å²) in [5.74, 6) is -1.89. The number of likely N-dealkylation sites (tertiary alicyclic amines) is 1. The topological polar surface area (TPSA) is 93.1 Å². The van der Waals surface area contributed by atoms with Gasteiger partial charge in [0, 0.05) is 11.5 Å². The second kappa shape index (κ2) is 10.8. The largest absolute Gasteiger partial charge is 0.507 e. The van der Waals surface area contributed by atoms with Crippen molar-refractivity contribution in [2.75, 3.05) is 13.7 Å². The summed E-state index contributed by atoms with van der Waals surface area (Å²) in [6.45, 7) is 4.63. The zero-order chi connectivity index (χ0) is 25.1. The first-order chi connectivity index (χ1) is 16.9. The lowest BCUT2D eigenvalue weighted by Gasteiger charge is -2.32. The molecule has 1 N–H and O–H groups in total. The maximum Gasteiger partial charge on any atom is 0.423 e. The summed E-state index contributed by atoms with van der Waals surface area (Å²) in [7, 11) is 1.18. The molecule has 3 amide bonds. The van der Waals surface area contributed by atoms with Gasteiger partial charge in [-0.15, -0.1) is 0 Å². The fourth-order valence-electron chi connectivity index (χ4n) is 6.02. The summed E-state index contributed by atoms with van der Waals surface area (Å²) in [5.41, 5.74) is 4.43. The number of methoxy groups -OCH3 is 1. The van der Waals surface area contributed by atoms with Crippen LogP contribution in [0.1, 0.15) is 64.4 Å². The van der Waals surface area contributed by atoms with Crippen LogP contribution in [0, 0.1) is 17.8 Å². The maximum absolute atomic E-state index is 13.1. The highest BCUT2D eigenvalue weighted by molar-refractivity contribution is 6.16. The molecule has 0 bridgehead atoms. The Bertz CT molecular complexity index is 1060. The molecule has 0 aromatic heterocycles. The van der Waals surface area contributed by atoms with Crippen LogP contribution < -0.4 is 0 Å². The molecule has 1 aromatic carbocycles. The SMILES string of the molecule is CCCC1=C2[C@@H](CC/C(=C/c3ccccc3O)CCC)OC[C@@H]2[C@@H]2C(=O)N(C(=O)OC)C(=O)[C@@H]2C1. The minimum Gasteiger partial charge on any atom is -0.507 e. The third-order valence-electron chi connectivity index (χ3n) is 7.51. The summed E-state index contributed by atoms with van der Waals surface area (Å²) in [5, 5.41) is 10.2. The molecular weight excluding hydrogens is 446 g/mol. The molecule has 35 heavy (non-hydrogen) atoms. The van der Waals surface area contributed by atoms with Gasteiger partial charge in [-0.3, -0.25) is 9.59 Å². The number of para-hydroxylation sites is 1. The van der Waals surface area contributed by atoms with Crippen molar-refractivity contribution in [3.8, 4) is 5.75 Å². The van der Waals surface area contributed by atoms with E-state index in [4.69, 9.17) is 9.47 Å². The van der Waals surface area contributed by atoms with Crippen LogP contribution in [-0.4, -0.2) is 47.7 Å². The number of carbonyl (C=O) groups is 3. The Morgan fingerprint density at radius 3 is 2.60 bits per heavy atom. The summed E-state index contributed by atoms with van der Waals surface area (Å²) in [6, 6.07) is 7.33. The number of benzene rings is 1. The lowest BCUT2D eigenvalue weighted by Crippen LogP contribution is -2.38. The first kappa shape index (κ1) is 25.2. The zero-order valence-electron chi connectivity index (χ0n) is 20.8. The van der Waals surface area contributed by atoms with Crippen molar-refractivity contribution < 1.29 is 29.0 Å². The average Bonchev–Trinajstić information content (AvgIpc) is 3.37. The van der Waals surface area contributed by atoms with Gasteiger partial charge in [-0.05, 0) is 43.7 Å². The van der Waals surface area contributed by atoms with Gasteiger partial charge in [-0.25, -0.2) is 4.79 Å². The number of phenolic OH excluding ortho intramolecular Hbond substituents is 1. The number of fused-ring (bicyclic) bond motifs is 3. The second-order valence-electron chi connectivity index (χ2n) is 9.71. The highest BCUT2D eigenvalue weighted by Crippen LogP contribution is 2.50. The van der Waals surface area contributed by atoms with Gasteiger partial charge >= 0.3 is 6.09 Å². The molecule has 2 heterocycles. The Hall–Kier alpha value is -2.93. The number of hydrogen-bond acceptors (Lipinski definition) is 6. The van der Waals surface area contributed by atoms with Gasteiger partial charge in [-0.1, -0.05) is 62.1 Å². The van der Waals surface area contributed by atoms with E-state index in [-0.39, 0.29) is 17.8 Å². The molecule has 0 unspecified atom stereocenters. The normalized spacial score (nSPS) is 26.3. The smallest absolute Gasteiger partial charge is 0.423 e. The van der Waals surface area contributed by atoms with E-state index in [0.29, 0.717) is 17.9 Å². The number of carbonyl (C=O) groups excluding carboxylic acids is 3. The molecule has 0 radical (unpaired) electrons. The van der Waals surface area contributed by atoms with E-state index in [9.17, 15) is 19.5 Å². The number of imide groups is 3. The van der Waals surface area contributed by atoms with Gasteiger partial charge in [-0.2, -0.15) is 4.90 Å². The fraction of sp³-hybridized carbons (Fsp3) is 0.536. The van der Waals surface area contributed by atoms with Gasteiger partial charge < -0.3 is 14.6 Å². The summed E-state index contributed by atoms with van der Waals surface area (Å²) in [4.78, 5) is 39.0. The summed E-state index contributed by atoms with van der Waals surface area (Å²) >= 11 is 0. The molecule has 2 fully saturated rings. The number of rotatable bonds is 8. The Balaban J connectivity index is 1.57. The van der Waals surface area contributed by atoms with E-state index in [1.165, 1.54) is 23.8 Å². The van der Waals surface area contributed by atoms with Crippen LogP contribution in [0.2, 0.25) is 0 Å². The highest BCUT2D eigenvalue weighted by atomic mass is 16.5. The summed E-state index contributed by atoms with van der Waals surface area (Å²) < 4.78 is 11.0. The van der Waals surface area contributed by atoms with E-state index in [0.717, 1.165) is 44.1 Å². The van der Waals surface area contributed by atoms with E-state index < -0.39 is 29.7 Å². The van der Waals surface area contributed by atoms with Crippen LogP contribution in [0.15, 0.2) is 41.0 Å². The molecule has 0 spiro atoms. The number of nitrogens with zero attached hydrogens (tertiary/aromatic N) is 1. The van der Waals surface area contributed by atoms with Gasteiger partial charge in [0.15, 0.2) is 0 Å². The molecule has 1 aromatic rings. The van der Waals surface area contributed by atoms with Crippen LogP contribution in [0.4, 0.5) is 4.79 Å². The zero-order valence-corrected chi connectivity index (χ0v) is 20.8. The van der Waals surface area contributed by atoms with Crippen LogP contribution in [-0.2, 0) is 19.1 Å². The first-order valence-corrected chi connectivity index (χ1v) is 12.7. The van der Waals surface area contributed by atoms with Gasteiger partial charge in [0.2, 0.25) is 11.8 Å². The van der Waals surface area contributed by atoms with Gasteiger partial charge in [0.1, 0.15) is 5.75 Å². The van der Waals surface area contributed by atoms with E-state index in [1.54, 1.807) is 6.07 Å². The summed E-state index contributed by atoms with van der Waals surface area (Å²) in [6.07, 6.45) is 6.87. The van der Waals surface area contributed by atoms with Crippen LogP contribution >= 0.6 is 0 Å². The molecule has 2 saturated heterocycles. The van der Waals surface area contributed by atoms with Crippen LogP contribution in [0.25, 0.3) is 6.08 Å². The number of hydrogen-bond donors (Lipinski definition) is 1. The van der Waals surface area contributed by atoms with Crippen molar-refractivity contribution in [1.29, 1.82) is 0 Å². The predicted molar refractivity (Wildman–Crippen MR) is 131 cm³/mol. The molecule has 2 aliphatic heterocycles. The third-order valence-corrected chi connectivity index (χ3v) is 7.51. The van der Waals surface area contributed by atoms with E-state index in [1.807, 2.05) is 18.2 Å². The second-order valence-corrected chi connectivity index (χ2v) is 9.71. The molecule has 4 atom stereocenters. The van der Waals surface area contributed by atoms with Crippen molar-refractivity contribution >= 4 is 24.0 Å². The predicted octanol–water partition coefficient (Wildman–Crippen LogP) is 5.24. The average molecular weight is 482 g/mol. The molecular formula is C28H35NO6. The lowest BCUT2D eigenvalue weighted by atomic mass is 9.68. The molecule has 7 heteroatoms. The molecule has 3 aliphatic rings. The quantitative estimate of drug-likeness (QED) is 0.403. The Kier molecular flexibility index (Phi) is 7.75. The Morgan fingerprint density at radius 1 is 1.14 bits per heavy atom. The number of ether oxygens (including phenoxy) is 2. The Labute approximate surface area is 206 Å². The van der Waals surface area contributed by atoms with E-state index in [2.05, 4.69) is 19.9 Å². The molecule has 188 valence electrons. The molecule has 0 saturated carbocycles. The number of phenols is 1. The van der Waals surface area contributed by atoms with E-state index >= 15 is 0 Å². The first-order valence-electron chi connectivity index (χ1n) is 12.7. The van der Waals surface area contributed by atoms with Crippen molar-refractivity contribution in [3.63, 3.8) is 0 Å². The molecule has 7 nitrogen and oxygen atoms in total. The van der Waals surface area contributed by atoms with Crippen molar-refractivity contribution in [3.05, 3.63) is 46.5 Å². The highest BCUT2D eigenvalue weighted by Gasteiger charge is 2.58. The lowest BCUT2D eigenvalue weighted by molar-refractivity contribution is -0.137. The minimum absolute atomic E-state index is 0.109. The van der Waals surface area contributed by atoms with Crippen LogP contribution in [0.5, 0.6) is 5.75 Å². The molecule has 4 rings (SSSR count). The third kappa shape index (κ3) is 4.79. The Morgan fingerprint density at radius 2 is 1.91 bits per heavy atom. The van der Waals surface area contributed by atoms with Crippen LogP contribution in [0.3, 0.4) is 0 Å². The monoisotopic (exact) mass is 481 g/mol. The number of amides is 3. The van der Waals surface area contributed by atoms with Crippen molar-refractivity contribution in [2.45, 2.75) is 64.9 Å². The number of aromatic hydroxyl groups is 1. The maximum atomic E-state index is 13.1.